The second-order valence-corrected chi connectivity index (χ2v) is 5.57. The number of carbonyl (C=O) groups is 2. The first-order chi connectivity index (χ1) is 11.6. The Bertz CT molecular complexity index is 774. The molecule has 24 heavy (non-hydrogen) atoms. The molecule has 0 atom stereocenters. The van der Waals surface area contributed by atoms with Gasteiger partial charge in [-0.05, 0) is 29.1 Å². The number of carbonyl (C=O) groups excluding carboxylic acids is 2. The highest BCUT2D eigenvalue weighted by atomic mass is 32.1. The minimum atomic E-state index is -0.299. The summed E-state index contributed by atoms with van der Waals surface area (Å²) in [5.74, 6) is -0.366. The number of fused-ring (bicyclic) bond motifs is 1. The first-order valence-corrected chi connectivity index (χ1v) is 7.96. The van der Waals surface area contributed by atoms with Crippen molar-refractivity contribution in [1.29, 1.82) is 0 Å². The molecule has 0 fully saturated rings. The number of ketones is 1. The molecule has 0 heterocycles. The van der Waals surface area contributed by atoms with E-state index in [2.05, 4.69) is 22.7 Å². The molecule has 0 aliphatic rings. The molecule has 2 aromatic carbocycles. The summed E-state index contributed by atoms with van der Waals surface area (Å²) in [6, 6.07) is 13.4. The maximum atomic E-state index is 12.2. The summed E-state index contributed by atoms with van der Waals surface area (Å²) in [4.78, 5) is 24.0. The number of thiocarbonyl (C=S) groups is 1. The van der Waals surface area contributed by atoms with Crippen LogP contribution in [0.4, 0.5) is 0 Å². The monoisotopic (exact) mass is 341 g/mol. The summed E-state index contributed by atoms with van der Waals surface area (Å²) < 4.78 is 0. The summed E-state index contributed by atoms with van der Waals surface area (Å²) in [5.41, 5.74) is 5.62. The minimum Gasteiger partial charge on any atom is -0.358 e. The number of Topliss-reactive ketones (excluding diaryl/α,β-unsaturated/α-hetero) is 1. The van der Waals surface area contributed by atoms with Crippen LogP contribution in [0.25, 0.3) is 10.8 Å². The molecule has 0 saturated heterocycles. The van der Waals surface area contributed by atoms with E-state index in [1.165, 1.54) is 0 Å². The minimum absolute atomic E-state index is 0.0664. The lowest BCUT2D eigenvalue weighted by Gasteiger charge is -2.10. The molecule has 0 spiro atoms. The Kier molecular flexibility index (Phi) is 6.45. The summed E-state index contributed by atoms with van der Waals surface area (Å²) in [7, 11) is 0. The van der Waals surface area contributed by atoms with Gasteiger partial charge in [-0.25, -0.2) is 0 Å². The highest BCUT2D eigenvalue weighted by Gasteiger charge is 2.10. The highest BCUT2D eigenvalue weighted by Crippen LogP contribution is 2.17. The van der Waals surface area contributed by atoms with Crippen LogP contribution in [0.1, 0.15) is 23.2 Å². The fraction of sp³-hybridized carbons (Fsp3) is 0.167. The van der Waals surface area contributed by atoms with Crippen molar-refractivity contribution in [3.63, 3.8) is 0 Å². The standard InChI is InChI=1S/C18H19N3O2S/c1-2-11-19-18(24)21-20-17(23)10-9-16(22)15-8-7-13-5-3-4-6-14(13)12-15/h2-8,12H,1,9-11H2,(H,20,23)(H2,19,21,24). The van der Waals surface area contributed by atoms with Gasteiger partial charge in [0.15, 0.2) is 10.9 Å². The first-order valence-electron chi connectivity index (χ1n) is 7.55. The molecule has 0 aromatic heterocycles. The Hall–Kier alpha value is -2.73. The van der Waals surface area contributed by atoms with Crippen LogP contribution in [-0.2, 0) is 4.79 Å². The molecule has 0 saturated carbocycles. The van der Waals surface area contributed by atoms with Crippen LogP contribution in [-0.4, -0.2) is 23.3 Å². The van der Waals surface area contributed by atoms with E-state index in [-0.39, 0.29) is 24.5 Å². The predicted molar refractivity (Wildman–Crippen MR) is 99.6 cm³/mol. The van der Waals surface area contributed by atoms with Crippen molar-refractivity contribution in [2.75, 3.05) is 6.54 Å². The second kappa shape index (κ2) is 8.79. The van der Waals surface area contributed by atoms with Gasteiger partial charge in [0, 0.05) is 24.9 Å². The zero-order chi connectivity index (χ0) is 17.4. The molecule has 0 radical (unpaired) electrons. The van der Waals surface area contributed by atoms with E-state index in [0.717, 1.165) is 10.8 Å². The summed E-state index contributed by atoms with van der Waals surface area (Å²) in [5, 5.41) is 5.20. The topological polar surface area (TPSA) is 70.2 Å². The zero-order valence-electron chi connectivity index (χ0n) is 13.2. The smallest absolute Gasteiger partial charge is 0.238 e. The van der Waals surface area contributed by atoms with Crippen molar-refractivity contribution in [3.05, 3.63) is 60.7 Å². The molecule has 2 rings (SSSR count). The van der Waals surface area contributed by atoms with E-state index >= 15 is 0 Å². The zero-order valence-corrected chi connectivity index (χ0v) is 14.0. The number of hydrogen-bond acceptors (Lipinski definition) is 3. The fourth-order valence-corrected chi connectivity index (χ4v) is 2.27. The predicted octanol–water partition coefficient (Wildman–Crippen LogP) is 2.48. The van der Waals surface area contributed by atoms with Gasteiger partial charge in [-0.2, -0.15) is 0 Å². The lowest BCUT2D eigenvalue weighted by atomic mass is 10.0. The molecule has 0 aliphatic carbocycles. The average Bonchev–Trinajstić information content (AvgIpc) is 2.62. The van der Waals surface area contributed by atoms with Gasteiger partial charge < -0.3 is 5.32 Å². The molecule has 3 N–H and O–H groups in total. The third-order valence-corrected chi connectivity index (χ3v) is 3.62. The van der Waals surface area contributed by atoms with E-state index in [1.807, 2.05) is 36.4 Å². The average molecular weight is 341 g/mol. The lowest BCUT2D eigenvalue weighted by molar-refractivity contribution is -0.121. The quantitative estimate of drug-likeness (QED) is 0.326. The number of amides is 1. The summed E-state index contributed by atoms with van der Waals surface area (Å²) in [6.45, 7) is 4.05. The molecule has 6 heteroatoms. The Morgan fingerprint density at radius 2 is 1.79 bits per heavy atom. The molecule has 0 unspecified atom stereocenters. The number of benzene rings is 2. The van der Waals surface area contributed by atoms with Gasteiger partial charge in [-0.3, -0.25) is 20.4 Å². The Morgan fingerprint density at radius 3 is 2.54 bits per heavy atom. The van der Waals surface area contributed by atoms with E-state index in [0.29, 0.717) is 17.2 Å². The third-order valence-electron chi connectivity index (χ3n) is 3.37. The Balaban J connectivity index is 1.82. The van der Waals surface area contributed by atoms with Crippen LogP contribution in [0.15, 0.2) is 55.1 Å². The molecule has 124 valence electrons. The van der Waals surface area contributed by atoms with E-state index < -0.39 is 0 Å². The van der Waals surface area contributed by atoms with Gasteiger partial charge in [0.05, 0.1) is 0 Å². The van der Waals surface area contributed by atoms with Crippen LogP contribution in [0, 0.1) is 0 Å². The van der Waals surface area contributed by atoms with Crippen molar-refractivity contribution in [2.24, 2.45) is 0 Å². The summed E-state index contributed by atoms with van der Waals surface area (Å²) in [6.07, 6.45) is 1.87. The normalized spacial score (nSPS) is 10.0. The summed E-state index contributed by atoms with van der Waals surface area (Å²) >= 11 is 4.94. The molecule has 2 aromatic rings. The largest absolute Gasteiger partial charge is 0.358 e. The molecule has 5 nitrogen and oxygen atoms in total. The van der Waals surface area contributed by atoms with Gasteiger partial charge in [-0.15, -0.1) is 6.58 Å². The second-order valence-electron chi connectivity index (χ2n) is 5.16. The van der Waals surface area contributed by atoms with Gasteiger partial charge in [-0.1, -0.05) is 42.5 Å². The maximum Gasteiger partial charge on any atom is 0.238 e. The first kappa shape index (κ1) is 17.6. The van der Waals surface area contributed by atoms with Crippen molar-refractivity contribution in [1.82, 2.24) is 16.2 Å². The van der Waals surface area contributed by atoms with E-state index in [1.54, 1.807) is 12.1 Å². The Labute approximate surface area is 146 Å². The van der Waals surface area contributed by atoms with Crippen LogP contribution in [0.5, 0.6) is 0 Å². The van der Waals surface area contributed by atoms with Gasteiger partial charge in [0.25, 0.3) is 0 Å². The van der Waals surface area contributed by atoms with Gasteiger partial charge in [0.2, 0.25) is 5.91 Å². The van der Waals surface area contributed by atoms with Crippen LogP contribution in [0.2, 0.25) is 0 Å². The van der Waals surface area contributed by atoms with E-state index in [9.17, 15) is 9.59 Å². The SMILES string of the molecule is C=CCNC(=S)NNC(=O)CCC(=O)c1ccc2ccccc2c1. The third kappa shape index (κ3) is 5.17. The van der Waals surface area contributed by atoms with Crippen molar-refractivity contribution >= 4 is 39.8 Å². The van der Waals surface area contributed by atoms with Crippen LogP contribution in [0.3, 0.4) is 0 Å². The maximum absolute atomic E-state index is 12.2. The van der Waals surface area contributed by atoms with Crippen molar-refractivity contribution in [2.45, 2.75) is 12.8 Å². The lowest BCUT2D eigenvalue weighted by Crippen LogP contribution is -2.46. The Morgan fingerprint density at radius 1 is 1.04 bits per heavy atom. The highest BCUT2D eigenvalue weighted by molar-refractivity contribution is 7.80. The number of hydrogen-bond donors (Lipinski definition) is 3. The molecule has 0 bridgehead atoms. The molecular weight excluding hydrogens is 322 g/mol. The van der Waals surface area contributed by atoms with Gasteiger partial charge in [0.1, 0.15) is 0 Å². The molecule has 1 amide bonds. The molecular formula is C18H19N3O2S. The molecule has 0 aliphatic heterocycles. The van der Waals surface area contributed by atoms with Crippen molar-refractivity contribution < 1.29 is 9.59 Å². The van der Waals surface area contributed by atoms with Crippen LogP contribution >= 0.6 is 12.2 Å². The van der Waals surface area contributed by atoms with Crippen LogP contribution < -0.4 is 16.2 Å². The fourth-order valence-electron chi connectivity index (χ4n) is 2.13. The van der Waals surface area contributed by atoms with E-state index in [4.69, 9.17) is 12.2 Å². The number of hydrazine groups is 1. The number of nitrogens with one attached hydrogen (secondary N) is 3. The number of rotatable bonds is 6. The van der Waals surface area contributed by atoms with Gasteiger partial charge >= 0.3 is 0 Å². The van der Waals surface area contributed by atoms with Crippen molar-refractivity contribution in [3.8, 4) is 0 Å².